The largest absolute Gasteiger partial charge is 0.496 e. The third-order valence-electron chi connectivity index (χ3n) is 5.75. The van der Waals surface area contributed by atoms with Gasteiger partial charge in [0.05, 0.1) is 37.8 Å². The number of nitrogens with zero attached hydrogens (tertiary/aromatic N) is 3. The first-order chi connectivity index (χ1) is 17.7. The first-order valence-corrected chi connectivity index (χ1v) is 11.1. The number of hydrogen-bond donors (Lipinski definition) is 2. The molecule has 8 nitrogen and oxygen atoms in total. The van der Waals surface area contributed by atoms with E-state index in [9.17, 15) is 18.0 Å². The van der Waals surface area contributed by atoms with E-state index in [1.165, 1.54) is 7.11 Å². The Balaban J connectivity index is 1.64. The van der Waals surface area contributed by atoms with E-state index in [1.807, 2.05) is 48.0 Å². The molecule has 0 saturated heterocycles. The fourth-order valence-corrected chi connectivity index (χ4v) is 3.94. The number of imidazole rings is 1. The maximum absolute atomic E-state index is 13.5. The number of hydrogen-bond acceptors (Lipinski definition) is 5. The molecule has 2 N–H and O–H groups in total. The van der Waals surface area contributed by atoms with Crippen LogP contribution >= 0.6 is 0 Å². The Labute approximate surface area is 211 Å². The van der Waals surface area contributed by atoms with Crippen molar-refractivity contribution in [2.45, 2.75) is 19.1 Å². The van der Waals surface area contributed by atoms with Gasteiger partial charge >= 0.3 is 12.2 Å². The van der Waals surface area contributed by atoms with Gasteiger partial charge in [-0.1, -0.05) is 12.1 Å². The average Bonchev–Trinajstić information content (AvgIpc) is 3.40. The zero-order valence-corrected chi connectivity index (χ0v) is 20.2. The van der Waals surface area contributed by atoms with Gasteiger partial charge in [-0.15, -0.1) is 0 Å². The fourth-order valence-electron chi connectivity index (χ4n) is 3.94. The van der Waals surface area contributed by atoms with Crippen molar-refractivity contribution in [2.24, 2.45) is 0 Å². The second kappa shape index (κ2) is 10.6. The van der Waals surface area contributed by atoms with Crippen molar-refractivity contribution in [3.63, 3.8) is 0 Å². The second-order valence-corrected chi connectivity index (χ2v) is 8.10. The average molecular weight is 512 g/mol. The van der Waals surface area contributed by atoms with Crippen LogP contribution in [-0.2, 0) is 6.18 Å². The van der Waals surface area contributed by atoms with Gasteiger partial charge in [0, 0.05) is 36.5 Å². The molecule has 37 heavy (non-hydrogen) atoms. The molecule has 0 bridgehead atoms. The molecule has 1 atom stereocenters. The first-order valence-electron chi connectivity index (χ1n) is 11.1. The third kappa shape index (κ3) is 5.66. The summed E-state index contributed by atoms with van der Waals surface area (Å²) in [6.45, 7) is 1.81. The van der Waals surface area contributed by atoms with Crippen molar-refractivity contribution >= 4 is 17.4 Å². The summed E-state index contributed by atoms with van der Waals surface area (Å²) >= 11 is 0. The van der Waals surface area contributed by atoms with Gasteiger partial charge in [0.15, 0.2) is 0 Å². The predicted molar refractivity (Wildman–Crippen MR) is 132 cm³/mol. The Morgan fingerprint density at radius 2 is 1.59 bits per heavy atom. The van der Waals surface area contributed by atoms with Crippen molar-refractivity contribution in [3.8, 4) is 11.5 Å². The van der Waals surface area contributed by atoms with Crippen LogP contribution in [0.15, 0.2) is 73.6 Å². The van der Waals surface area contributed by atoms with Crippen LogP contribution in [0.4, 0.5) is 29.3 Å². The lowest BCUT2D eigenvalue weighted by Crippen LogP contribution is -2.21. The molecule has 0 aliphatic carbocycles. The Hall–Kier alpha value is -4.54. The number of anilines is 2. The summed E-state index contributed by atoms with van der Waals surface area (Å²) in [5.41, 5.74) is 1.86. The molecule has 4 aromatic rings. The molecule has 2 aromatic heterocycles. The molecular formula is C26H24F3N5O3. The number of amides is 2. The van der Waals surface area contributed by atoms with Crippen LogP contribution in [-0.4, -0.2) is 34.8 Å². The number of nitrogens with one attached hydrogen (secondary N) is 2. The Bertz CT molecular complexity index is 1380. The Morgan fingerprint density at radius 3 is 2.22 bits per heavy atom. The molecule has 0 saturated carbocycles. The molecule has 0 aliphatic heterocycles. The summed E-state index contributed by atoms with van der Waals surface area (Å²) in [6, 6.07) is 10.2. The van der Waals surface area contributed by atoms with E-state index in [4.69, 9.17) is 9.47 Å². The standard InChI is InChI=1S/C26H24F3N5O3/c1-16-4-5-18(24(34-11-10-31-15-34)17-6-8-30-9-7-17)12-20(16)32-25(35)33-21-13-19(26(27,28)29)22(36-2)14-23(21)37-3/h4-15,24H,1-3H3,(H2,32,33,35). The first kappa shape index (κ1) is 25.5. The summed E-state index contributed by atoms with van der Waals surface area (Å²) in [6.07, 6.45) is 3.89. The molecule has 4 rings (SSSR count). The van der Waals surface area contributed by atoms with Crippen molar-refractivity contribution < 1.29 is 27.4 Å². The van der Waals surface area contributed by atoms with E-state index in [-0.39, 0.29) is 17.5 Å². The number of pyridine rings is 1. The number of methoxy groups -OCH3 is 2. The highest BCUT2D eigenvalue weighted by Gasteiger charge is 2.35. The van der Waals surface area contributed by atoms with Crippen molar-refractivity contribution in [2.75, 3.05) is 24.9 Å². The minimum atomic E-state index is -4.69. The quantitative estimate of drug-likeness (QED) is 0.322. The van der Waals surface area contributed by atoms with Crippen LogP contribution in [0, 0.1) is 6.92 Å². The molecule has 11 heteroatoms. The van der Waals surface area contributed by atoms with Gasteiger partial charge in [-0.25, -0.2) is 9.78 Å². The molecule has 2 heterocycles. The highest BCUT2D eigenvalue weighted by Crippen LogP contribution is 2.42. The number of rotatable bonds is 7. The zero-order valence-electron chi connectivity index (χ0n) is 20.2. The predicted octanol–water partition coefficient (Wildman–Crippen LogP) is 5.90. The number of halogens is 3. The minimum absolute atomic E-state index is 0.0170. The lowest BCUT2D eigenvalue weighted by Gasteiger charge is -2.21. The van der Waals surface area contributed by atoms with E-state index >= 15 is 0 Å². The molecular weight excluding hydrogens is 487 g/mol. The van der Waals surface area contributed by atoms with Crippen molar-refractivity contribution in [3.05, 3.63) is 95.8 Å². The molecule has 0 radical (unpaired) electrons. The molecule has 2 amide bonds. The molecule has 0 spiro atoms. The maximum atomic E-state index is 13.5. The number of aryl methyl sites for hydroxylation is 1. The van der Waals surface area contributed by atoms with Crippen LogP contribution in [0.25, 0.3) is 0 Å². The van der Waals surface area contributed by atoms with Crippen molar-refractivity contribution in [1.82, 2.24) is 14.5 Å². The molecule has 0 aliphatic rings. The fraction of sp³-hybridized carbons (Fsp3) is 0.192. The van der Waals surface area contributed by atoms with Gasteiger partial charge < -0.3 is 24.7 Å². The molecule has 1 unspecified atom stereocenters. The summed E-state index contributed by atoms with van der Waals surface area (Å²) in [5, 5.41) is 5.19. The summed E-state index contributed by atoms with van der Waals surface area (Å²) < 4.78 is 52.5. The Morgan fingerprint density at radius 1 is 0.892 bits per heavy atom. The summed E-state index contributed by atoms with van der Waals surface area (Å²) in [4.78, 5) is 21.1. The lowest BCUT2D eigenvalue weighted by molar-refractivity contribution is -0.138. The lowest BCUT2D eigenvalue weighted by atomic mass is 9.97. The number of urea groups is 1. The second-order valence-electron chi connectivity index (χ2n) is 8.10. The number of carbonyl (C=O) groups is 1. The zero-order chi connectivity index (χ0) is 26.6. The van der Waals surface area contributed by atoms with Crippen LogP contribution < -0.4 is 20.1 Å². The van der Waals surface area contributed by atoms with Crippen LogP contribution in [0.2, 0.25) is 0 Å². The Kier molecular flexibility index (Phi) is 7.32. The maximum Gasteiger partial charge on any atom is 0.420 e. The van der Waals surface area contributed by atoms with E-state index in [0.717, 1.165) is 35.9 Å². The summed E-state index contributed by atoms with van der Waals surface area (Å²) in [7, 11) is 2.41. The highest BCUT2D eigenvalue weighted by molar-refractivity contribution is 6.01. The normalized spacial score (nSPS) is 12.1. The van der Waals surface area contributed by atoms with E-state index in [2.05, 4.69) is 20.6 Å². The van der Waals surface area contributed by atoms with E-state index in [1.54, 1.807) is 24.9 Å². The number of carbonyl (C=O) groups excluding carboxylic acids is 1. The summed E-state index contributed by atoms with van der Waals surface area (Å²) in [5.74, 6) is -0.399. The monoisotopic (exact) mass is 511 g/mol. The van der Waals surface area contributed by atoms with Gasteiger partial charge in [-0.05, 0) is 47.9 Å². The van der Waals surface area contributed by atoms with Crippen LogP contribution in [0.3, 0.4) is 0 Å². The minimum Gasteiger partial charge on any atom is -0.496 e. The van der Waals surface area contributed by atoms with Gasteiger partial charge in [0.1, 0.15) is 11.5 Å². The van der Waals surface area contributed by atoms with Crippen LogP contribution in [0.1, 0.15) is 28.3 Å². The number of alkyl halides is 3. The van der Waals surface area contributed by atoms with Gasteiger partial charge in [0.2, 0.25) is 0 Å². The number of aromatic nitrogens is 3. The van der Waals surface area contributed by atoms with Gasteiger partial charge in [-0.3, -0.25) is 4.98 Å². The number of benzene rings is 2. The molecule has 192 valence electrons. The molecule has 2 aromatic carbocycles. The van der Waals surface area contributed by atoms with E-state index in [0.29, 0.717) is 5.69 Å². The smallest absolute Gasteiger partial charge is 0.420 e. The highest BCUT2D eigenvalue weighted by atomic mass is 19.4. The van der Waals surface area contributed by atoms with E-state index < -0.39 is 23.5 Å². The molecule has 0 fully saturated rings. The third-order valence-corrected chi connectivity index (χ3v) is 5.75. The number of ether oxygens (including phenoxy) is 2. The van der Waals surface area contributed by atoms with Gasteiger partial charge in [0.25, 0.3) is 0 Å². The topological polar surface area (TPSA) is 90.3 Å². The van der Waals surface area contributed by atoms with Gasteiger partial charge in [-0.2, -0.15) is 13.2 Å². The SMILES string of the molecule is COc1cc(OC)c(C(F)(F)F)cc1NC(=O)Nc1cc(C(c2ccncc2)n2ccnc2)ccc1C. The van der Waals surface area contributed by atoms with Crippen LogP contribution in [0.5, 0.6) is 11.5 Å². The van der Waals surface area contributed by atoms with Crippen molar-refractivity contribution in [1.29, 1.82) is 0 Å².